The zero-order valence-electron chi connectivity index (χ0n) is 20.0. The quantitative estimate of drug-likeness (QED) is 0.374. The van der Waals surface area contributed by atoms with Gasteiger partial charge in [0, 0.05) is 16.5 Å². The molecule has 0 spiro atoms. The molecule has 178 valence electrons. The molecule has 6 nitrogen and oxygen atoms in total. The van der Waals surface area contributed by atoms with Gasteiger partial charge in [-0.2, -0.15) is 0 Å². The third kappa shape index (κ3) is 4.85. The normalized spacial score (nSPS) is 16.2. The minimum absolute atomic E-state index is 0.215. The molecule has 2 heterocycles. The topological polar surface area (TPSA) is 68.7 Å². The maximum Gasteiger partial charge on any atom is 0.329 e. The molecule has 1 aliphatic rings. The molecule has 1 aliphatic heterocycles. The van der Waals surface area contributed by atoms with E-state index >= 15 is 0 Å². The largest absolute Gasteiger partial charge is 0.478 e. The van der Waals surface area contributed by atoms with Crippen molar-refractivity contribution in [1.29, 1.82) is 0 Å². The Morgan fingerprint density at radius 3 is 2.59 bits per heavy atom. The lowest BCUT2D eigenvalue weighted by atomic mass is 10.0. The van der Waals surface area contributed by atoms with Crippen LogP contribution in [0.2, 0.25) is 0 Å². The van der Waals surface area contributed by atoms with Gasteiger partial charge < -0.3 is 9.47 Å². The van der Waals surface area contributed by atoms with Crippen LogP contribution in [-0.4, -0.2) is 35.6 Å². The van der Waals surface area contributed by atoms with Gasteiger partial charge in [0.05, 0.1) is 18.0 Å². The Labute approximate surface area is 204 Å². The highest BCUT2D eigenvalue weighted by atomic mass is 32.1. The highest BCUT2D eigenvalue weighted by Gasteiger charge is 2.40. The van der Waals surface area contributed by atoms with E-state index in [1.807, 2.05) is 81.6 Å². The number of thiazole rings is 1. The van der Waals surface area contributed by atoms with Crippen molar-refractivity contribution in [3.63, 3.8) is 0 Å². The summed E-state index contributed by atoms with van der Waals surface area (Å²) in [6.07, 6.45) is 0.326. The van der Waals surface area contributed by atoms with E-state index in [1.54, 1.807) is 16.2 Å². The van der Waals surface area contributed by atoms with E-state index in [-0.39, 0.29) is 11.8 Å². The van der Waals surface area contributed by atoms with Gasteiger partial charge in [0.2, 0.25) is 0 Å². The Bertz CT molecular complexity index is 1160. The van der Waals surface area contributed by atoms with Gasteiger partial charge in [-0.1, -0.05) is 58.0 Å². The molecule has 2 aromatic carbocycles. The second-order valence-corrected chi connectivity index (χ2v) is 9.62. The van der Waals surface area contributed by atoms with Gasteiger partial charge in [0.15, 0.2) is 6.10 Å². The summed E-state index contributed by atoms with van der Waals surface area (Å²) in [4.78, 5) is 32.7. The number of amides is 1. The minimum atomic E-state index is -0.714. The van der Waals surface area contributed by atoms with E-state index in [1.165, 1.54) is 0 Å². The summed E-state index contributed by atoms with van der Waals surface area (Å²) in [6.45, 7) is 8.08. The van der Waals surface area contributed by atoms with Crippen molar-refractivity contribution < 1.29 is 19.1 Å². The van der Waals surface area contributed by atoms with E-state index in [4.69, 9.17) is 14.5 Å². The number of hydrogen-bond acceptors (Lipinski definition) is 6. The predicted molar refractivity (Wildman–Crippen MR) is 135 cm³/mol. The number of esters is 1. The van der Waals surface area contributed by atoms with E-state index in [0.29, 0.717) is 30.9 Å². The summed E-state index contributed by atoms with van der Waals surface area (Å²) < 4.78 is 11.5. The Morgan fingerprint density at radius 2 is 1.91 bits per heavy atom. The molecule has 0 aliphatic carbocycles. The van der Waals surface area contributed by atoms with Crippen LogP contribution in [-0.2, 0) is 14.3 Å². The van der Waals surface area contributed by atoms with E-state index in [9.17, 15) is 9.59 Å². The second kappa shape index (κ2) is 10.4. The summed E-state index contributed by atoms with van der Waals surface area (Å²) in [5.74, 6) is 0.192. The fraction of sp³-hybridized carbons (Fsp3) is 0.370. The van der Waals surface area contributed by atoms with Crippen molar-refractivity contribution in [3.8, 4) is 27.6 Å². The third-order valence-corrected chi connectivity index (χ3v) is 6.61. The Kier molecular flexibility index (Phi) is 7.32. The molecule has 2 atom stereocenters. The molecular weight excluding hydrogens is 448 g/mol. The fourth-order valence-electron chi connectivity index (χ4n) is 3.94. The van der Waals surface area contributed by atoms with Crippen molar-refractivity contribution in [2.45, 2.75) is 52.7 Å². The number of nitrogens with zero attached hydrogens (tertiary/aromatic N) is 2. The highest BCUT2D eigenvalue weighted by molar-refractivity contribution is 7.13. The molecule has 4 rings (SSSR count). The van der Waals surface area contributed by atoms with Crippen molar-refractivity contribution in [3.05, 3.63) is 53.9 Å². The Hall–Kier alpha value is -3.19. The monoisotopic (exact) mass is 478 g/mol. The highest BCUT2D eigenvalue weighted by Crippen LogP contribution is 2.40. The first-order valence-corrected chi connectivity index (χ1v) is 12.6. The van der Waals surface area contributed by atoms with Gasteiger partial charge in [-0.3, -0.25) is 9.69 Å². The Morgan fingerprint density at radius 1 is 1.15 bits per heavy atom. The summed E-state index contributed by atoms with van der Waals surface area (Å²) in [6, 6.07) is 15.0. The summed E-state index contributed by atoms with van der Waals surface area (Å²) in [5.41, 5.74) is 3.31. The van der Waals surface area contributed by atoms with Crippen molar-refractivity contribution in [2.75, 3.05) is 11.5 Å². The number of rotatable bonds is 8. The smallest absolute Gasteiger partial charge is 0.329 e. The summed E-state index contributed by atoms with van der Waals surface area (Å²) >= 11 is 1.57. The standard InChI is InChI=1S/C27H30N2O4S/c1-5-21(27(31)32-15-17(3)4)29-22-14-19(12-13-24(22)33-23(6-2)26(29)30)20-16-34-25(28-20)18-10-8-7-9-11-18/h7-14,16-17,21,23H,5-6,15H2,1-4H3. The van der Waals surface area contributed by atoms with Crippen molar-refractivity contribution >= 4 is 28.9 Å². The van der Waals surface area contributed by atoms with E-state index < -0.39 is 18.1 Å². The molecule has 0 fully saturated rings. The molecule has 1 aromatic heterocycles. The van der Waals surface area contributed by atoms with Crippen LogP contribution >= 0.6 is 11.3 Å². The van der Waals surface area contributed by atoms with Crippen LogP contribution < -0.4 is 9.64 Å². The number of hydrogen-bond donors (Lipinski definition) is 0. The molecule has 0 radical (unpaired) electrons. The first kappa shape index (κ1) is 24.0. The first-order chi connectivity index (χ1) is 16.4. The molecule has 34 heavy (non-hydrogen) atoms. The fourth-order valence-corrected chi connectivity index (χ4v) is 4.78. The van der Waals surface area contributed by atoms with Crippen LogP contribution in [0.25, 0.3) is 21.8 Å². The number of fused-ring (bicyclic) bond motifs is 1. The van der Waals surface area contributed by atoms with Crippen molar-refractivity contribution in [1.82, 2.24) is 4.98 Å². The minimum Gasteiger partial charge on any atom is -0.478 e. The molecule has 0 N–H and O–H groups in total. The number of aromatic nitrogens is 1. The molecule has 3 aromatic rings. The van der Waals surface area contributed by atoms with E-state index in [0.717, 1.165) is 21.8 Å². The number of carbonyl (C=O) groups is 2. The lowest BCUT2D eigenvalue weighted by Crippen LogP contribution is -2.53. The van der Waals surface area contributed by atoms with Crippen molar-refractivity contribution in [2.24, 2.45) is 5.92 Å². The van der Waals surface area contributed by atoms with Gasteiger partial charge >= 0.3 is 5.97 Å². The summed E-state index contributed by atoms with van der Waals surface area (Å²) in [7, 11) is 0. The van der Waals surface area contributed by atoms with Crippen LogP contribution in [0.1, 0.15) is 40.5 Å². The molecule has 0 saturated heterocycles. The number of ether oxygens (including phenoxy) is 2. The average molecular weight is 479 g/mol. The first-order valence-electron chi connectivity index (χ1n) is 11.7. The van der Waals surface area contributed by atoms with Gasteiger partial charge in [0.25, 0.3) is 5.91 Å². The SMILES string of the molecule is CCC1Oc2ccc(-c3csc(-c4ccccc4)n3)cc2N(C(CC)C(=O)OCC(C)C)C1=O. The maximum atomic E-state index is 13.4. The number of anilines is 1. The van der Waals surface area contributed by atoms with Crippen LogP contribution in [0.4, 0.5) is 5.69 Å². The van der Waals surface area contributed by atoms with Crippen LogP contribution in [0.5, 0.6) is 5.75 Å². The Balaban J connectivity index is 1.71. The third-order valence-electron chi connectivity index (χ3n) is 5.72. The molecule has 2 unspecified atom stereocenters. The number of carbonyl (C=O) groups excluding carboxylic acids is 2. The predicted octanol–water partition coefficient (Wildman–Crippen LogP) is 5.96. The maximum absolute atomic E-state index is 13.4. The zero-order chi connectivity index (χ0) is 24.2. The lowest BCUT2D eigenvalue weighted by Gasteiger charge is -2.38. The molecule has 0 bridgehead atoms. The number of benzene rings is 2. The van der Waals surface area contributed by atoms with Gasteiger partial charge in [0.1, 0.15) is 16.8 Å². The summed E-state index contributed by atoms with van der Waals surface area (Å²) in [5, 5.41) is 2.93. The molecule has 0 saturated carbocycles. The lowest BCUT2D eigenvalue weighted by molar-refractivity contribution is -0.148. The average Bonchev–Trinajstić information content (AvgIpc) is 3.35. The van der Waals surface area contributed by atoms with Gasteiger partial charge in [-0.05, 0) is 37.0 Å². The van der Waals surface area contributed by atoms with Crippen LogP contribution in [0.15, 0.2) is 53.9 Å². The van der Waals surface area contributed by atoms with E-state index in [2.05, 4.69) is 0 Å². The molecule has 1 amide bonds. The molecular formula is C27H30N2O4S. The second-order valence-electron chi connectivity index (χ2n) is 8.76. The van der Waals surface area contributed by atoms with Crippen LogP contribution in [0.3, 0.4) is 0 Å². The molecule has 7 heteroatoms. The zero-order valence-corrected chi connectivity index (χ0v) is 20.8. The van der Waals surface area contributed by atoms with Crippen LogP contribution in [0, 0.1) is 5.92 Å². The van der Waals surface area contributed by atoms with Gasteiger partial charge in [-0.15, -0.1) is 11.3 Å². The van der Waals surface area contributed by atoms with Gasteiger partial charge in [-0.25, -0.2) is 9.78 Å².